The second kappa shape index (κ2) is 8.27. The zero-order valence-electron chi connectivity index (χ0n) is 17.1. The van der Waals surface area contributed by atoms with Gasteiger partial charge < -0.3 is 5.73 Å². The molecule has 3 aromatic rings. The van der Waals surface area contributed by atoms with Crippen LogP contribution in [0.15, 0.2) is 36.5 Å². The molecular formula is C22H19F4N5O. The maximum absolute atomic E-state index is 14.5. The Morgan fingerprint density at radius 2 is 1.94 bits per heavy atom. The number of carbonyl (C=O) groups excluding carboxylic acids is 1. The molecule has 2 N–H and O–H groups in total. The number of carbonyl (C=O) groups is 1. The van der Waals surface area contributed by atoms with Gasteiger partial charge in [-0.25, -0.2) is 23.7 Å². The maximum atomic E-state index is 14.5. The molecule has 1 aromatic carbocycles. The van der Waals surface area contributed by atoms with E-state index in [4.69, 9.17) is 5.73 Å². The molecule has 1 aliphatic rings. The Labute approximate surface area is 181 Å². The van der Waals surface area contributed by atoms with E-state index in [-0.39, 0.29) is 24.3 Å². The van der Waals surface area contributed by atoms with Crippen LogP contribution in [0.2, 0.25) is 0 Å². The molecule has 0 radical (unpaired) electrons. The summed E-state index contributed by atoms with van der Waals surface area (Å²) in [4.78, 5) is 25.6. The van der Waals surface area contributed by atoms with Gasteiger partial charge in [0, 0.05) is 38.3 Å². The summed E-state index contributed by atoms with van der Waals surface area (Å²) < 4.78 is 55.4. The third-order valence-electron chi connectivity index (χ3n) is 5.22. The molecule has 0 atom stereocenters. The van der Waals surface area contributed by atoms with Gasteiger partial charge in [-0.2, -0.15) is 8.78 Å². The van der Waals surface area contributed by atoms with Gasteiger partial charge in [0.05, 0.1) is 11.4 Å². The van der Waals surface area contributed by atoms with Crippen LogP contribution in [0.25, 0.3) is 11.1 Å². The lowest BCUT2D eigenvalue weighted by Crippen LogP contribution is -2.32. The average molecular weight is 445 g/mol. The number of nitrogens with zero attached hydrogens (tertiary/aromatic N) is 4. The molecule has 32 heavy (non-hydrogen) atoms. The Morgan fingerprint density at radius 1 is 1.16 bits per heavy atom. The number of aromatic nitrogens is 3. The largest absolute Gasteiger partial charge is 0.364 e. The fourth-order valence-corrected chi connectivity index (χ4v) is 3.73. The summed E-state index contributed by atoms with van der Waals surface area (Å²) in [5, 5.41) is 0. The van der Waals surface area contributed by atoms with Crippen molar-refractivity contribution < 1.29 is 22.4 Å². The van der Waals surface area contributed by atoms with Crippen molar-refractivity contribution in [2.75, 3.05) is 6.54 Å². The predicted octanol–water partition coefficient (Wildman–Crippen LogP) is 3.59. The van der Waals surface area contributed by atoms with Gasteiger partial charge in [0.25, 0.3) is 5.91 Å². The topological polar surface area (TPSA) is 85.0 Å². The number of nitrogens with two attached hydrogens (primary N) is 1. The van der Waals surface area contributed by atoms with Crippen LogP contribution in [0.3, 0.4) is 0 Å². The van der Waals surface area contributed by atoms with E-state index in [0.29, 0.717) is 35.5 Å². The second-order valence-corrected chi connectivity index (χ2v) is 7.69. The third kappa shape index (κ3) is 4.45. The molecule has 0 fully saturated rings. The van der Waals surface area contributed by atoms with Crippen LogP contribution in [-0.4, -0.2) is 32.3 Å². The van der Waals surface area contributed by atoms with E-state index < -0.39 is 29.3 Å². The molecule has 1 aliphatic heterocycles. The second-order valence-electron chi connectivity index (χ2n) is 7.69. The van der Waals surface area contributed by atoms with E-state index in [2.05, 4.69) is 15.0 Å². The Morgan fingerprint density at radius 3 is 2.66 bits per heavy atom. The van der Waals surface area contributed by atoms with Gasteiger partial charge >= 0.3 is 5.92 Å². The summed E-state index contributed by atoms with van der Waals surface area (Å²) in [7, 11) is 0. The number of alkyl halides is 2. The fourth-order valence-electron chi connectivity index (χ4n) is 3.73. The molecule has 1 amide bonds. The van der Waals surface area contributed by atoms with Crippen molar-refractivity contribution in [1.29, 1.82) is 0 Å². The van der Waals surface area contributed by atoms with E-state index >= 15 is 0 Å². The maximum Gasteiger partial charge on any atom is 0.303 e. The molecule has 6 nitrogen and oxygen atoms in total. The Bertz CT molecular complexity index is 1200. The van der Waals surface area contributed by atoms with Gasteiger partial charge in [-0.3, -0.25) is 9.69 Å². The van der Waals surface area contributed by atoms with Crippen LogP contribution in [0, 0.1) is 11.6 Å². The van der Waals surface area contributed by atoms with Crippen molar-refractivity contribution in [3.8, 4) is 11.1 Å². The average Bonchev–Trinajstić information content (AvgIpc) is 2.74. The number of hydrogen-bond acceptors (Lipinski definition) is 5. The van der Waals surface area contributed by atoms with Crippen molar-refractivity contribution in [2.24, 2.45) is 5.73 Å². The van der Waals surface area contributed by atoms with E-state index in [0.717, 1.165) is 25.1 Å². The van der Waals surface area contributed by atoms with E-state index in [1.165, 1.54) is 12.3 Å². The first-order valence-corrected chi connectivity index (χ1v) is 9.82. The summed E-state index contributed by atoms with van der Waals surface area (Å²) in [5.74, 6) is -5.77. The molecule has 0 bridgehead atoms. The van der Waals surface area contributed by atoms with Gasteiger partial charge in [-0.05, 0) is 47.9 Å². The van der Waals surface area contributed by atoms with Crippen LogP contribution >= 0.6 is 0 Å². The number of hydrogen-bond donors (Lipinski definition) is 1. The molecule has 0 saturated heterocycles. The van der Waals surface area contributed by atoms with Gasteiger partial charge in [-0.15, -0.1) is 0 Å². The number of amides is 1. The summed E-state index contributed by atoms with van der Waals surface area (Å²) in [5.41, 5.74) is 7.28. The number of benzene rings is 1. The fraction of sp³-hybridized carbons (Fsp3) is 0.273. The molecule has 0 saturated carbocycles. The summed E-state index contributed by atoms with van der Waals surface area (Å²) >= 11 is 0. The lowest BCUT2D eigenvalue weighted by atomic mass is 9.92. The number of pyridine rings is 1. The first-order chi connectivity index (χ1) is 15.1. The first kappa shape index (κ1) is 21.8. The quantitative estimate of drug-likeness (QED) is 0.607. The first-order valence-electron chi connectivity index (χ1n) is 9.82. The standard InChI is InChI=1S/C22H19F4N5O/c1-22(25,26)21-28-6-4-13(29-21)10-31-7-5-14-15(16-8-12(23)2-3-17(16)24)9-18(20(27)32)30-19(14)11-31/h2-4,6,8-9H,5,7,10-11H2,1H3,(H2,27,32). The van der Waals surface area contributed by atoms with Crippen molar-refractivity contribution >= 4 is 5.91 Å². The van der Waals surface area contributed by atoms with Crippen LogP contribution in [0.1, 0.15) is 40.2 Å². The number of halogens is 4. The Balaban J connectivity index is 1.68. The summed E-state index contributed by atoms with van der Waals surface area (Å²) in [6, 6.07) is 6.02. The molecule has 4 rings (SSSR count). The molecular weight excluding hydrogens is 426 g/mol. The van der Waals surface area contributed by atoms with E-state index in [1.54, 1.807) is 6.07 Å². The molecule has 166 valence electrons. The highest BCUT2D eigenvalue weighted by Crippen LogP contribution is 2.33. The molecule has 0 aliphatic carbocycles. The Kier molecular flexibility index (Phi) is 5.64. The van der Waals surface area contributed by atoms with Crippen molar-refractivity contribution in [2.45, 2.75) is 32.4 Å². The van der Waals surface area contributed by atoms with Gasteiger partial charge in [0.15, 0.2) is 5.82 Å². The SMILES string of the molecule is CC(F)(F)c1nccc(CN2CCc3c(-c4cc(F)ccc4F)cc(C(N)=O)nc3C2)n1. The van der Waals surface area contributed by atoms with Crippen molar-refractivity contribution in [3.63, 3.8) is 0 Å². The van der Waals surface area contributed by atoms with Crippen LogP contribution in [0.5, 0.6) is 0 Å². The Hall–Kier alpha value is -3.40. The highest BCUT2D eigenvalue weighted by Gasteiger charge is 2.29. The minimum absolute atomic E-state index is 0.0187. The molecule has 3 heterocycles. The number of rotatable bonds is 5. The highest BCUT2D eigenvalue weighted by atomic mass is 19.3. The zero-order chi connectivity index (χ0) is 23.0. The summed E-state index contributed by atoms with van der Waals surface area (Å²) in [6.45, 7) is 1.72. The van der Waals surface area contributed by atoms with Crippen LogP contribution in [0.4, 0.5) is 17.6 Å². The smallest absolute Gasteiger partial charge is 0.303 e. The van der Waals surface area contributed by atoms with Crippen molar-refractivity contribution in [3.05, 3.63) is 76.6 Å². The monoisotopic (exact) mass is 445 g/mol. The molecule has 0 unspecified atom stereocenters. The number of fused-ring (bicyclic) bond motifs is 1. The minimum Gasteiger partial charge on any atom is -0.364 e. The molecule has 2 aromatic heterocycles. The van der Waals surface area contributed by atoms with Gasteiger partial charge in [-0.1, -0.05) is 0 Å². The van der Waals surface area contributed by atoms with Crippen molar-refractivity contribution in [1.82, 2.24) is 19.9 Å². The number of primary amides is 1. The third-order valence-corrected chi connectivity index (χ3v) is 5.22. The summed E-state index contributed by atoms with van der Waals surface area (Å²) in [6.07, 6.45) is 1.70. The highest BCUT2D eigenvalue weighted by molar-refractivity contribution is 5.92. The molecule has 0 spiro atoms. The van der Waals surface area contributed by atoms with Crippen LogP contribution < -0.4 is 5.73 Å². The van der Waals surface area contributed by atoms with Crippen LogP contribution in [-0.2, 0) is 25.4 Å². The zero-order valence-corrected chi connectivity index (χ0v) is 17.1. The lowest BCUT2D eigenvalue weighted by Gasteiger charge is -2.29. The van der Waals surface area contributed by atoms with Gasteiger partial charge in [0.1, 0.15) is 17.3 Å². The van der Waals surface area contributed by atoms with Gasteiger partial charge in [0.2, 0.25) is 0 Å². The minimum atomic E-state index is -3.16. The predicted molar refractivity (Wildman–Crippen MR) is 108 cm³/mol. The molecule has 10 heteroatoms. The van der Waals surface area contributed by atoms with E-state index in [9.17, 15) is 22.4 Å². The van der Waals surface area contributed by atoms with E-state index in [1.807, 2.05) is 4.90 Å². The normalized spacial score (nSPS) is 14.3. The lowest BCUT2D eigenvalue weighted by molar-refractivity contribution is 0.00725.